The molecule has 0 saturated heterocycles. The van der Waals surface area contributed by atoms with Gasteiger partial charge in [-0.3, -0.25) is 14.3 Å². The molecule has 0 atom stereocenters. The molecule has 0 aliphatic carbocycles. The molecule has 0 fully saturated rings. The zero-order chi connectivity index (χ0) is 17.2. The second-order valence-electron chi connectivity index (χ2n) is 5.24. The van der Waals surface area contributed by atoms with E-state index in [1.807, 2.05) is 30.3 Å². The number of fused-ring (bicyclic) bond motifs is 1. The van der Waals surface area contributed by atoms with Crippen molar-refractivity contribution >= 4 is 22.3 Å². The summed E-state index contributed by atoms with van der Waals surface area (Å²) in [5.41, 5.74) is 1.96. The molecule has 3 aromatic heterocycles. The number of aromatic nitrogens is 4. The molecule has 0 aliphatic rings. The first-order valence-electron chi connectivity index (χ1n) is 7.44. The highest BCUT2D eigenvalue weighted by Crippen LogP contribution is 2.21. The van der Waals surface area contributed by atoms with E-state index >= 15 is 0 Å². The third kappa shape index (κ3) is 2.94. The van der Waals surface area contributed by atoms with Crippen molar-refractivity contribution in [3.05, 3.63) is 75.8 Å². The summed E-state index contributed by atoms with van der Waals surface area (Å²) in [6, 6.07) is 10.7. The van der Waals surface area contributed by atoms with Crippen molar-refractivity contribution in [3.8, 4) is 11.3 Å². The van der Waals surface area contributed by atoms with E-state index in [1.54, 1.807) is 11.6 Å². The third-order valence-corrected chi connectivity index (χ3v) is 4.39. The predicted molar refractivity (Wildman–Crippen MR) is 92.5 cm³/mol. The quantitative estimate of drug-likeness (QED) is 0.570. The molecule has 1 aromatic carbocycles. The minimum atomic E-state index is -0.527. The van der Waals surface area contributed by atoms with Crippen molar-refractivity contribution in [2.45, 2.75) is 6.61 Å². The van der Waals surface area contributed by atoms with Gasteiger partial charge in [0.25, 0.3) is 5.56 Å². The number of benzene rings is 1. The number of hydrogen-bond acceptors (Lipinski definition) is 6. The van der Waals surface area contributed by atoms with Crippen LogP contribution in [0.15, 0.2) is 59.0 Å². The molecule has 4 aromatic rings. The zero-order valence-electron chi connectivity index (χ0n) is 12.9. The van der Waals surface area contributed by atoms with Crippen LogP contribution in [0.4, 0.5) is 0 Å². The van der Waals surface area contributed by atoms with E-state index in [1.165, 1.54) is 28.0 Å². The van der Waals surface area contributed by atoms with Crippen molar-refractivity contribution in [1.82, 2.24) is 19.6 Å². The van der Waals surface area contributed by atoms with Crippen LogP contribution in [0.3, 0.4) is 0 Å². The molecule has 0 radical (unpaired) electrons. The van der Waals surface area contributed by atoms with Gasteiger partial charge in [0.05, 0.1) is 17.6 Å². The highest BCUT2D eigenvalue weighted by Gasteiger charge is 2.17. The van der Waals surface area contributed by atoms with E-state index in [2.05, 4.69) is 15.2 Å². The van der Waals surface area contributed by atoms with Gasteiger partial charge in [-0.25, -0.2) is 9.78 Å². The molecular weight excluding hydrogens is 340 g/mol. The first-order valence-corrected chi connectivity index (χ1v) is 8.32. The highest BCUT2D eigenvalue weighted by molar-refractivity contribution is 7.15. The minimum absolute atomic E-state index is 0.0815. The van der Waals surface area contributed by atoms with Crippen molar-refractivity contribution < 1.29 is 9.53 Å². The molecule has 0 amide bonds. The summed E-state index contributed by atoms with van der Waals surface area (Å²) in [6.07, 6.45) is 3.08. The molecule has 7 nitrogen and oxygen atoms in total. The number of H-pyrrole nitrogens is 1. The molecule has 0 unspecified atom stereocenters. The minimum Gasteiger partial charge on any atom is -0.455 e. The number of carbonyl (C=O) groups excluding carboxylic acids is 1. The molecule has 8 heteroatoms. The summed E-state index contributed by atoms with van der Waals surface area (Å²) in [4.78, 5) is 29.2. The van der Waals surface area contributed by atoms with Crippen molar-refractivity contribution in [3.63, 3.8) is 0 Å². The lowest BCUT2D eigenvalue weighted by atomic mass is 10.1. The Labute approximate surface area is 145 Å². The molecule has 0 aliphatic heterocycles. The van der Waals surface area contributed by atoms with Gasteiger partial charge in [0.15, 0.2) is 4.96 Å². The highest BCUT2D eigenvalue weighted by atomic mass is 32.1. The maximum absolute atomic E-state index is 12.4. The Hall–Kier alpha value is -3.26. The van der Waals surface area contributed by atoms with Gasteiger partial charge < -0.3 is 4.74 Å². The van der Waals surface area contributed by atoms with Gasteiger partial charge >= 0.3 is 5.97 Å². The number of hydrogen-bond donors (Lipinski definition) is 1. The SMILES string of the molecule is O=C(OCc1cc(=O)n2ccsc2n1)c1cn[nH]c1-c1ccccc1. The second-order valence-corrected chi connectivity index (χ2v) is 6.12. The van der Waals surface area contributed by atoms with Gasteiger partial charge in [-0.1, -0.05) is 30.3 Å². The Bertz CT molecular complexity index is 1100. The average molecular weight is 352 g/mol. The van der Waals surface area contributed by atoms with Crippen LogP contribution >= 0.6 is 11.3 Å². The summed E-state index contributed by atoms with van der Waals surface area (Å²) in [5, 5.41) is 8.52. The second kappa shape index (κ2) is 6.33. The maximum Gasteiger partial charge on any atom is 0.342 e. The number of nitrogens with one attached hydrogen (secondary N) is 1. The number of rotatable bonds is 4. The molecular formula is C17H12N4O3S. The molecule has 25 heavy (non-hydrogen) atoms. The lowest BCUT2D eigenvalue weighted by Gasteiger charge is -2.05. The van der Waals surface area contributed by atoms with E-state index in [0.717, 1.165) is 5.56 Å². The molecule has 3 heterocycles. The molecule has 0 spiro atoms. The molecule has 1 N–H and O–H groups in total. The van der Waals surface area contributed by atoms with Crippen LogP contribution in [0, 0.1) is 0 Å². The smallest absolute Gasteiger partial charge is 0.342 e. The van der Waals surface area contributed by atoms with E-state index in [-0.39, 0.29) is 12.2 Å². The van der Waals surface area contributed by atoms with Crippen LogP contribution in [-0.2, 0) is 11.3 Å². The first kappa shape index (κ1) is 15.3. The fourth-order valence-corrected chi connectivity index (χ4v) is 3.18. The van der Waals surface area contributed by atoms with E-state index < -0.39 is 5.97 Å². The number of ether oxygens (including phenoxy) is 1. The topological polar surface area (TPSA) is 89.3 Å². The van der Waals surface area contributed by atoms with Gasteiger partial charge in [-0.15, -0.1) is 11.3 Å². The summed E-state index contributed by atoms with van der Waals surface area (Å²) >= 11 is 1.34. The molecule has 0 bridgehead atoms. The van der Waals surface area contributed by atoms with Crippen molar-refractivity contribution in [2.24, 2.45) is 0 Å². The van der Waals surface area contributed by atoms with Crippen molar-refractivity contribution in [2.75, 3.05) is 0 Å². The van der Waals surface area contributed by atoms with Crippen LogP contribution in [0.25, 0.3) is 16.2 Å². The van der Waals surface area contributed by atoms with Gasteiger partial charge in [-0.05, 0) is 0 Å². The van der Waals surface area contributed by atoms with Gasteiger partial charge in [-0.2, -0.15) is 5.10 Å². The fraction of sp³-hybridized carbons (Fsp3) is 0.0588. The number of esters is 1. The van der Waals surface area contributed by atoms with Crippen LogP contribution in [-0.4, -0.2) is 25.6 Å². The van der Waals surface area contributed by atoms with Gasteiger partial charge in [0, 0.05) is 23.2 Å². The summed E-state index contributed by atoms with van der Waals surface area (Å²) in [6.45, 7) is -0.0815. The summed E-state index contributed by atoms with van der Waals surface area (Å²) < 4.78 is 6.75. The number of nitrogens with zero attached hydrogens (tertiary/aromatic N) is 3. The van der Waals surface area contributed by atoms with Crippen LogP contribution in [0.1, 0.15) is 16.1 Å². The van der Waals surface area contributed by atoms with Crippen molar-refractivity contribution in [1.29, 1.82) is 0 Å². The Kier molecular flexibility index (Phi) is 3.87. The van der Waals surface area contributed by atoms with E-state index in [9.17, 15) is 9.59 Å². The zero-order valence-corrected chi connectivity index (χ0v) is 13.7. The normalized spacial score (nSPS) is 10.9. The first-order chi connectivity index (χ1) is 12.2. The maximum atomic E-state index is 12.4. The average Bonchev–Trinajstić information content (AvgIpc) is 3.30. The number of thiazole rings is 1. The van der Waals surface area contributed by atoms with E-state index in [0.29, 0.717) is 21.9 Å². The Morgan fingerprint density at radius 1 is 1.28 bits per heavy atom. The molecule has 4 rings (SSSR count). The Morgan fingerprint density at radius 2 is 2.12 bits per heavy atom. The van der Waals surface area contributed by atoms with Gasteiger partial charge in [0.2, 0.25) is 0 Å². The monoisotopic (exact) mass is 352 g/mol. The summed E-state index contributed by atoms with van der Waals surface area (Å²) in [7, 11) is 0. The Morgan fingerprint density at radius 3 is 2.96 bits per heavy atom. The van der Waals surface area contributed by atoms with Crippen LogP contribution in [0.2, 0.25) is 0 Å². The van der Waals surface area contributed by atoms with Gasteiger partial charge in [0.1, 0.15) is 12.2 Å². The van der Waals surface area contributed by atoms with Crippen LogP contribution < -0.4 is 5.56 Å². The van der Waals surface area contributed by atoms with E-state index in [4.69, 9.17) is 4.74 Å². The third-order valence-electron chi connectivity index (χ3n) is 3.63. The molecule has 0 saturated carbocycles. The predicted octanol–water partition coefficient (Wildman–Crippen LogP) is 2.50. The lowest BCUT2D eigenvalue weighted by molar-refractivity contribution is 0.0469. The number of aromatic amines is 1. The lowest BCUT2D eigenvalue weighted by Crippen LogP contribution is -2.14. The fourth-order valence-electron chi connectivity index (χ4n) is 2.44. The summed E-state index contributed by atoms with van der Waals surface area (Å²) in [5.74, 6) is -0.527. The number of carbonyl (C=O) groups is 1. The molecule has 124 valence electrons. The largest absolute Gasteiger partial charge is 0.455 e. The van der Waals surface area contributed by atoms with Crippen LogP contribution in [0.5, 0.6) is 0 Å². The standard InChI is InChI=1S/C17H12N4O3S/c22-14-8-12(19-17-21(14)6-7-25-17)10-24-16(23)13-9-18-20-15(13)11-4-2-1-3-5-11/h1-9H,10H2,(H,18,20). The Balaban J connectivity index is 1.55.